The molecule has 0 aliphatic carbocycles. The van der Waals surface area contributed by atoms with E-state index in [1.54, 1.807) is 24.3 Å². The molecule has 1 saturated heterocycles. The summed E-state index contributed by atoms with van der Waals surface area (Å²) in [6.45, 7) is 0. The van der Waals surface area contributed by atoms with Gasteiger partial charge in [0.15, 0.2) is 0 Å². The Bertz CT molecular complexity index is 860. The van der Waals surface area contributed by atoms with Crippen LogP contribution < -0.4 is 10.6 Å². The number of imide groups is 2. The maximum absolute atomic E-state index is 12.5. The van der Waals surface area contributed by atoms with Gasteiger partial charge < -0.3 is 10.4 Å². The summed E-state index contributed by atoms with van der Waals surface area (Å²) >= 11 is 0. The number of carbonyl (C=O) groups excluding carboxylic acids is 4. The number of benzene rings is 1. The monoisotopic (exact) mass is 357 g/mol. The van der Waals surface area contributed by atoms with Gasteiger partial charge in [-0.15, -0.1) is 0 Å². The third-order valence-corrected chi connectivity index (χ3v) is 4.04. The molecule has 2 heterocycles. The Balaban J connectivity index is 1.74. The maximum atomic E-state index is 12.5. The van der Waals surface area contributed by atoms with Crippen LogP contribution in [0.15, 0.2) is 36.0 Å². The van der Waals surface area contributed by atoms with Crippen LogP contribution in [0.2, 0.25) is 0 Å². The second-order valence-corrected chi connectivity index (χ2v) is 5.93. The molecule has 9 nitrogen and oxygen atoms in total. The number of carboxylic acids is 1. The molecule has 1 unspecified atom stereocenters. The molecule has 4 amide bonds. The first kappa shape index (κ1) is 17.3. The summed E-state index contributed by atoms with van der Waals surface area (Å²) in [7, 11) is 0. The average Bonchev–Trinajstić information content (AvgIpc) is 2.82. The fourth-order valence-corrected chi connectivity index (χ4v) is 2.89. The number of nitrogens with one attached hydrogen (secondary N) is 2. The highest BCUT2D eigenvalue weighted by Crippen LogP contribution is 2.23. The number of amides is 4. The van der Waals surface area contributed by atoms with Crippen LogP contribution in [0.3, 0.4) is 0 Å². The third kappa shape index (κ3) is 3.46. The third-order valence-electron chi connectivity index (χ3n) is 4.04. The minimum absolute atomic E-state index is 0.0211. The fraction of sp³-hybridized carbons (Fsp3) is 0.235. The average molecular weight is 357 g/mol. The number of piperidine rings is 1. The lowest BCUT2D eigenvalue weighted by molar-refractivity contribution is -0.149. The van der Waals surface area contributed by atoms with Gasteiger partial charge in [-0.25, -0.2) is 0 Å². The van der Waals surface area contributed by atoms with Crippen molar-refractivity contribution >= 4 is 35.3 Å². The molecule has 3 rings (SSSR count). The standard InChI is InChI=1S/C17H15N3O6/c21-13-5-4-12(16(25)19-13)20-14(22)8-11(17(20)26)18-10-3-1-2-9(6-10)7-15(23)24/h1-3,6,8,12,18H,4-5,7H2,(H,23,24)(H,19,21,25). The van der Waals surface area contributed by atoms with Crippen LogP contribution in [0.5, 0.6) is 0 Å². The smallest absolute Gasteiger partial charge is 0.307 e. The van der Waals surface area contributed by atoms with Gasteiger partial charge in [-0.1, -0.05) is 12.1 Å². The SMILES string of the molecule is O=C(O)Cc1cccc(NC2=CC(=O)N(C3CCC(=O)NC3=O)C2=O)c1. The number of hydrogen-bond acceptors (Lipinski definition) is 6. The van der Waals surface area contributed by atoms with Crippen LogP contribution in [0.4, 0.5) is 5.69 Å². The van der Waals surface area contributed by atoms with Crippen LogP contribution in [-0.4, -0.2) is 45.6 Å². The zero-order valence-corrected chi connectivity index (χ0v) is 13.5. The van der Waals surface area contributed by atoms with Crippen molar-refractivity contribution in [2.24, 2.45) is 0 Å². The van der Waals surface area contributed by atoms with Crippen molar-refractivity contribution in [1.29, 1.82) is 0 Å². The molecular weight excluding hydrogens is 342 g/mol. The molecule has 1 fully saturated rings. The highest BCUT2D eigenvalue weighted by molar-refractivity contribution is 6.20. The topological polar surface area (TPSA) is 133 Å². The molecule has 1 aromatic rings. The van der Waals surface area contributed by atoms with Crippen LogP contribution in [0, 0.1) is 0 Å². The Hall–Kier alpha value is -3.49. The van der Waals surface area contributed by atoms with Crippen molar-refractivity contribution in [2.75, 3.05) is 5.32 Å². The van der Waals surface area contributed by atoms with E-state index in [2.05, 4.69) is 10.6 Å². The van der Waals surface area contributed by atoms with Gasteiger partial charge in [0.1, 0.15) is 11.7 Å². The molecule has 2 aliphatic rings. The fourth-order valence-electron chi connectivity index (χ4n) is 2.89. The van der Waals surface area contributed by atoms with Crippen LogP contribution in [-0.2, 0) is 30.4 Å². The molecule has 0 bridgehead atoms. The van der Waals surface area contributed by atoms with Crippen molar-refractivity contribution < 1.29 is 29.1 Å². The summed E-state index contributed by atoms with van der Waals surface area (Å²) in [5.74, 6) is -3.42. The number of hydrogen-bond donors (Lipinski definition) is 3. The predicted octanol–water partition coefficient (Wildman–Crippen LogP) is -0.217. The molecule has 0 spiro atoms. The summed E-state index contributed by atoms with van der Waals surface area (Å²) in [6.07, 6.45) is 1.03. The first-order valence-corrected chi connectivity index (χ1v) is 7.86. The molecule has 3 N–H and O–H groups in total. The number of carbonyl (C=O) groups is 5. The number of nitrogens with zero attached hydrogens (tertiary/aromatic N) is 1. The first-order valence-electron chi connectivity index (χ1n) is 7.86. The van der Waals surface area contributed by atoms with E-state index in [4.69, 9.17) is 5.11 Å². The molecule has 9 heteroatoms. The van der Waals surface area contributed by atoms with Gasteiger partial charge in [-0.2, -0.15) is 0 Å². The van der Waals surface area contributed by atoms with Crippen molar-refractivity contribution in [3.8, 4) is 0 Å². The summed E-state index contributed by atoms with van der Waals surface area (Å²) in [6, 6.07) is 5.41. The van der Waals surface area contributed by atoms with E-state index in [1.807, 2.05) is 0 Å². The molecule has 0 aromatic heterocycles. The van der Waals surface area contributed by atoms with Crippen molar-refractivity contribution in [3.05, 3.63) is 41.6 Å². The lowest BCUT2D eigenvalue weighted by atomic mass is 10.0. The van der Waals surface area contributed by atoms with Gasteiger partial charge >= 0.3 is 5.97 Å². The van der Waals surface area contributed by atoms with Gasteiger partial charge in [0.25, 0.3) is 11.8 Å². The molecule has 26 heavy (non-hydrogen) atoms. The molecule has 0 radical (unpaired) electrons. The Morgan fingerprint density at radius 3 is 2.73 bits per heavy atom. The summed E-state index contributed by atoms with van der Waals surface area (Å²) < 4.78 is 0. The normalized spacial score (nSPS) is 20.1. The highest BCUT2D eigenvalue weighted by atomic mass is 16.4. The van der Waals surface area contributed by atoms with E-state index < -0.39 is 35.6 Å². The number of rotatable bonds is 5. The quantitative estimate of drug-likeness (QED) is 0.621. The van der Waals surface area contributed by atoms with E-state index in [-0.39, 0.29) is 25.0 Å². The van der Waals surface area contributed by atoms with Gasteiger partial charge in [-0.3, -0.25) is 34.2 Å². The van der Waals surface area contributed by atoms with Crippen molar-refractivity contribution in [1.82, 2.24) is 10.2 Å². The van der Waals surface area contributed by atoms with E-state index in [0.29, 0.717) is 11.3 Å². The molecule has 0 saturated carbocycles. The van der Waals surface area contributed by atoms with E-state index in [1.165, 1.54) is 0 Å². The van der Waals surface area contributed by atoms with Gasteiger partial charge in [0, 0.05) is 18.2 Å². The second-order valence-electron chi connectivity index (χ2n) is 5.93. The van der Waals surface area contributed by atoms with Crippen molar-refractivity contribution in [3.63, 3.8) is 0 Å². The predicted molar refractivity (Wildman–Crippen MR) is 87.5 cm³/mol. The number of carboxylic acid groups (broad SMARTS) is 1. The molecule has 1 aromatic carbocycles. The van der Waals surface area contributed by atoms with E-state index >= 15 is 0 Å². The summed E-state index contributed by atoms with van der Waals surface area (Å²) in [5, 5.41) is 13.7. The van der Waals surface area contributed by atoms with E-state index in [0.717, 1.165) is 11.0 Å². The minimum Gasteiger partial charge on any atom is -0.481 e. The summed E-state index contributed by atoms with van der Waals surface area (Å²) in [5.41, 5.74) is 0.954. The second kappa shape index (κ2) is 6.79. The highest BCUT2D eigenvalue weighted by Gasteiger charge is 2.42. The molecule has 134 valence electrons. The first-order chi connectivity index (χ1) is 12.3. The zero-order chi connectivity index (χ0) is 18.8. The van der Waals surface area contributed by atoms with Gasteiger partial charge in [0.2, 0.25) is 11.8 Å². The molecule has 2 aliphatic heterocycles. The number of aliphatic carboxylic acids is 1. The van der Waals surface area contributed by atoms with Gasteiger partial charge in [0.05, 0.1) is 6.42 Å². The minimum atomic E-state index is -1.03. The van der Waals surface area contributed by atoms with Crippen LogP contribution in [0.25, 0.3) is 0 Å². The Morgan fingerprint density at radius 1 is 1.27 bits per heavy atom. The number of anilines is 1. The summed E-state index contributed by atoms with van der Waals surface area (Å²) in [4.78, 5) is 59.5. The maximum Gasteiger partial charge on any atom is 0.307 e. The van der Waals surface area contributed by atoms with Crippen LogP contribution in [0.1, 0.15) is 18.4 Å². The zero-order valence-electron chi connectivity index (χ0n) is 13.5. The Labute approximate surface area is 147 Å². The molecule has 1 atom stereocenters. The van der Waals surface area contributed by atoms with Crippen molar-refractivity contribution in [2.45, 2.75) is 25.3 Å². The van der Waals surface area contributed by atoms with Crippen LogP contribution >= 0.6 is 0 Å². The molecular formula is C17H15N3O6. The largest absolute Gasteiger partial charge is 0.481 e. The lowest BCUT2D eigenvalue weighted by Gasteiger charge is -2.28. The lowest BCUT2D eigenvalue weighted by Crippen LogP contribution is -2.54. The van der Waals surface area contributed by atoms with Gasteiger partial charge in [-0.05, 0) is 24.1 Å². The Kier molecular flexibility index (Phi) is 4.53. The Morgan fingerprint density at radius 2 is 2.04 bits per heavy atom. The van der Waals surface area contributed by atoms with E-state index in [9.17, 15) is 24.0 Å².